The zero-order valence-electron chi connectivity index (χ0n) is 18.9. The van der Waals surface area contributed by atoms with Crippen molar-refractivity contribution in [1.82, 2.24) is 10.8 Å². The second-order valence-corrected chi connectivity index (χ2v) is 11.2. The Bertz CT molecular complexity index is 1170. The number of piperidine rings is 1. The van der Waals surface area contributed by atoms with Gasteiger partial charge in [-0.2, -0.15) is 0 Å². The summed E-state index contributed by atoms with van der Waals surface area (Å²) in [7, 11) is -2.82. The molecule has 4 rings (SSSR count). The monoisotopic (exact) mass is 488 g/mol. The highest BCUT2D eigenvalue weighted by Gasteiger charge is 2.60. The molecule has 1 amide bonds. The van der Waals surface area contributed by atoms with Gasteiger partial charge in [-0.3, -0.25) is 10.0 Å². The first-order valence-electron chi connectivity index (χ1n) is 11.1. The standard InChI is InChI=1S/C24H28N2O7S/c1-32-21(27)17-3-2-4-19(15-17)33-18-5-7-20(8-6-18)34(30,31)24(22(28)26-29)10-9-23(16-24)11-13-25-14-12-23/h2-8,15,25,29H,9-14,16H2,1H3,(H,26,28). The molecule has 2 aromatic carbocycles. The number of nitrogens with one attached hydrogen (secondary N) is 2. The van der Waals surface area contributed by atoms with E-state index in [0.717, 1.165) is 25.9 Å². The van der Waals surface area contributed by atoms with Gasteiger partial charge in [0.15, 0.2) is 14.6 Å². The van der Waals surface area contributed by atoms with Gasteiger partial charge in [-0.05, 0) is 93.1 Å². The first-order valence-corrected chi connectivity index (χ1v) is 12.6. The van der Waals surface area contributed by atoms with Crippen LogP contribution in [0, 0.1) is 5.41 Å². The molecule has 1 aliphatic carbocycles. The van der Waals surface area contributed by atoms with Crippen molar-refractivity contribution in [3.8, 4) is 11.5 Å². The maximum absolute atomic E-state index is 13.7. The van der Waals surface area contributed by atoms with Gasteiger partial charge >= 0.3 is 5.97 Å². The number of hydroxylamine groups is 1. The summed E-state index contributed by atoms with van der Waals surface area (Å²) < 4.78 is 36.2. The minimum Gasteiger partial charge on any atom is -0.465 e. The summed E-state index contributed by atoms with van der Waals surface area (Å²) in [5.74, 6) is -0.633. The molecule has 1 aliphatic heterocycles. The predicted octanol–water partition coefficient (Wildman–Crippen LogP) is 2.84. The van der Waals surface area contributed by atoms with Gasteiger partial charge in [0.1, 0.15) is 11.5 Å². The Hall–Kier alpha value is -2.95. The van der Waals surface area contributed by atoms with E-state index in [1.165, 1.54) is 37.4 Å². The molecular weight excluding hydrogens is 460 g/mol. The Kier molecular flexibility index (Phi) is 6.66. The fourth-order valence-corrected chi connectivity index (χ4v) is 7.24. The minimum atomic E-state index is -4.11. The number of carbonyl (C=O) groups excluding carboxylic acids is 2. The maximum Gasteiger partial charge on any atom is 0.337 e. The van der Waals surface area contributed by atoms with Crippen molar-refractivity contribution in [1.29, 1.82) is 0 Å². The van der Waals surface area contributed by atoms with Crippen molar-refractivity contribution < 1.29 is 32.7 Å². The van der Waals surface area contributed by atoms with Crippen LogP contribution in [0.15, 0.2) is 53.4 Å². The Morgan fingerprint density at radius 1 is 1.00 bits per heavy atom. The molecule has 0 aromatic heterocycles. The van der Waals surface area contributed by atoms with E-state index in [2.05, 4.69) is 5.32 Å². The van der Waals surface area contributed by atoms with Crippen LogP contribution in [0.3, 0.4) is 0 Å². The first kappa shape index (κ1) is 24.2. The number of hydrogen-bond donors (Lipinski definition) is 3. The highest BCUT2D eigenvalue weighted by atomic mass is 32.2. The van der Waals surface area contributed by atoms with E-state index in [1.54, 1.807) is 23.7 Å². The summed E-state index contributed by atoms with van der Waals surface area (Å²) in [6, 6.07) is 12.2. The zero-order valence-corrected chi connectivity index (χ0v) is 19.7. The van der Waals surface area contributed by atoms with Crippen LogP contribution < -0.4 is 15.5 Å². The van der Waals surface area contributed by atoms with Crippen LogP contribution in [0.2, 0.25) is 0 Å². The van der Waals surface area contributed by atoms with E-state index >= 15 is 0 Å². The molecule has 2 fully saturated rings. The van der Waals surface area contributed by atoms with Crippen molar-refractivity contribution in [3.05, 3.63) is 54.1 Å². The summed E-state index contributed by atoms with van der Waals surface area (Å²) in [5, 5.41) is 12.7. The average Bonchev–Trinajstić information content (AvgIpc) is 3.24. The first-order chi connectivity index (χ1) is 16.2. The van der Waals surface area contributed by atoms with E-state index in [-0.39, 0.29) is 23.2 Å². The number of carbonyl (C=O) groups is 2. The second kappa shape index (κ2) is 9.36. The third-order valence-corrected chi connectivity index (χ3v) is 9.49. The molecule has 34 heavy (non-hydrogen) atoms. The number of hydrogen-bond acceptors (Lipinski definition) is 8. The lowest BCUT2D eigenvalue weighted by molar-refractivity contribution is -0.132. The summed E-state index contributed by atoms with van der Waals surface area (Å²) in [6.45, 7) is 1.56. The number of rotatable bonds is 6. The summed E-state index contributed by atoms with van der Waals surface area (Å²) in [6.07, 6.45) is 2.52. The Morgan fingerprint density at radius 2 is 1.71 bits per heavy atom. The third kappa shape index (κ3) is 4.28. The zero-order chi connectivity index (χ0) is 24.4. The fourth-order valence-electron chi connectivity index (χ4n) is 5.13. The molecule has 2 aromatic rings. The van der Waals surface area contributed by atoms with Crippen LogP contribution in [0.25, 0.3) is 0 Å². The van der Waals surface area contributed by atoms with Gasteiger partial charge < -0.3 is 14.8 Å². The number of sulfone groups is 1. The lowest BCUT2D eigenvalue weighted by atomic mass is 9.77. The highest BCUT2D eigenvalue weighted by Crippen LogP contribution is 2.54. The summed E-state index contributed by atoms with van der Waals surface area (Å²) in [5.41, 5.74) is 1.70. The topological polar surface area (TPSA) is 131 Å². The van der Waals surface area contributed by atoms with E-state index in [0.29, 0.717) is 23.5 Å². The molecule has 10 heteroatoms. The molecule has 1 saturated carbocycles. The van der Waals surface area contributed by atoms with Crippen LogP contribution in [0.4, 0.5) is 0 Å². The number of amides is 1. The smallest absolute Gasteiger partial charge is 0.337 e. The van der Waals surface area contributed by atoms with Gasteiger partial charge in [0.2, 0.25) is 0 Å². The van der Waals surface area contributed by atoms with Gasteiger partial charge in [0.25, 0.3) is 5.91 Å². The fraction of sp³-hybridized carbons (Fsp3) is 0.417. The Balaban J connectivity index is 1.59. The van der Waals surface area contributed by atoms with E-state index in [1.807, 2.05) is 0 Å². The third-order valence-electron chi connectivity index (χ3n) is 7.04. The van der Waals surface area contributed by atoms with Gasteiger partial charge in [0, 0.05) is 0 Å². The van der Waals surface area contributed by atoms with Crippen LogP contribution >= 0.6 is 0 Å². The lowest BCUT2D eigenvalue weighted by Gasteiger charge is -2.36. The van der Waals surface area contributed by atoms with Crippen LogP contribution in [0.1, 0.15) is 42.5 Å². The largest absolute Gasteiger partial charge is 0.465 e. The minimum absolute atomic E-state index is 0.0160. The molecular formula is C24H28N2O7S. The van der Waals surface area contributed by atoms with E-state index in [4.69, 9.17) is 9.47 Å². The molecule has 182 valence electrons. The molecule has 9 nitrogen and oxygen atoms in total. The second-order valence-electron chi connectivity index (χ2n) is 8.96. The number of benzene rings is 2. The number of esters is 1. The molecule has 0 bridgehead atoms. The normalized spacial score (nSPS) is 21.7. The Labute approximate surface area is 198 Å². The molecule has 1 heterocycles. The van der Waals surface area contributed by atoms with Crippen molar-refractivity contribution >= 4 is 21.7 Å². The van der Waals surface area contributed by atoms with Crippen LogP contribution in [-0.4, -0.2) is 50.4 Å². The molecule has 1 unspecified atom stereocenters. The summed E-state index contributed by atoms with van der Waals surface area (Å²) in [4.78, 5) is 24.5. The molecule has 1 saturated heterocycles. The highest BCUT2D eigenvalue weighted by molar-refractivity contribution is 7.93. The van der Waals surface area contributed by atoms with Crippen molar-refractivity contribution in [2.24, 2.45) is 5.41 Å². The number of methoxy groups -OCH3 is 1. The van der Waals surface area contributed by atoms with E-state index in [9.17, 15) is 23.2 Å². The summed E-state index contributed by atoms with van der Waals surface area (Å²) >= 11 is 0. The quantitative estimate of drug-likeness (QED) is 0.321. The van der Waals surface area contributed by atoms with Crippen molar-refractivity contribution in [3.63, 3.8) is 0 Å². The molecule has 3 N–H and O–H groups in total. The molecule has 0 radical (unpaired) electrons. The average molecular weight is 489 g/mol. The molecule has 2 aliphatic rings. The molecule has 1 atom stereocenters. The van der Waals surface area contributed by atoms with Crippen molar-refractivity contribution in [2.75, 3.05) is 20.2 Å². The molecule has 1 spiro atoms. The number of ether oxygens (including phenoxy) is 2. The maximum atomic E-state index is 13.7. The van der Waals surface area contributed by atoms with Crippen molar-refractivity contribution in [2.45, 2.75) is 41.7 Å². The van der Waals surface area contributed by atoms with Crippen LogP contribution in [0.5, 0.6) is 11.5 Å². The van der Waals surface area contributed by atoms with Gasteiger partial charge in [-0.25, -0.2) is 18.7 Å². The van der Waals surface area contributed by atoms with E-state index < -0.39 is 26.5 Å². The van der Waals surface area contributed by atoms with Gasteiger partial charge in [-0.15, -0.1) is 0 Å². The van der Waals surface area contributed by atoms with Gasteiger partial charge in [0.05, 0.1) is 17.6 Å². The van der Waals surface area contributed by atoms with Gasteiger partial charge in [-0.1, -0.05) is 6.07 Å². The van der Waals surface area contributed by atoms with Crippen LogP contribution in [-0.2, 0) is 19.4 Å². The predicted molar refractivity (Wildman–Crippen MR) is 123 cm³/mol. The lowest BCUT2D eigenvalue weighted by Crippen LogP contribution is -2.51. The SMILES string of the molecule is COC(=O)c1cccc(Oc2ccc(S(=O)(=O)C3(C(=O)NO)CCC4(CCNCC4)C3)cc2)c1. The Morgan fingerprint density at radius 3 is 2.35 bits per heavy atom.